The highest BCUT2D eigenvalue weighted by Crippen LogP contribution is 2.55. The molecule has 2 bridgehead atoms. The summed E-state index contributed by atoms with van der Waals surface area (Å²) in [6, 6.07) is 4.16. The average Bonchev–Trinajstić information content (AvgIpc) is 2.45. The topological polar surface area (TPSA) is 58.6 Å². The first kappa shape index (κ1) is 13.1. The molecule has 0 spiro atoms. The molecule has 1 saturated heterocycles. The van der Waals surface area contributed by atoms with Crippen LogP contribution in [0.2, 0.25) is 0 Å². The van der Waals surface area contributed by atoms with Gasteiger partial charge in [-0.2, -0.15) is 0 Å². The molecule has 112 valence electrons. The van der Waals surface area contributed by atoms with Crippen molar-refractivity contribution in [2.24, 2.45) is 5.92 Å². The number of piperidine rings is 1. The maximum Gasteiger partial charge on any atom is 0.133 e. The highest BCUT2D eigenvalue weighted by atomic mass is 16.5. The van der Waals surface area contributed by atoms with E-state index in [1.165, 1.54) is 0 Å². The zero-order valence-corrected chi connectivity index (χ0v) is 12.3. The predicted molar refractivity (Wildman–Crippen MR) is 78.8 cm³/mol. The van der Waals surface area contributed by atoms with Crippen molar-refractivity contribution in [3.63, 3.8) is 0 Å². The van der Waals surface area contributed by atoms with Crippen molar-refractivity contribution in [1.82, 2.24) is 5.32 Å². The molecule has 2 fully saturated rings. The molecule has 0 amide bonds. The lowest BCUT2D eigenvalue weighted by molar-refractivity contribution is -0.125. The Labute approximate surface area is 124 Å². The van der Waals surface area contributed by atoms with Crippen LogP contribution in [0.5, 0.6) is 11.5 Å². The second-order valence-corrected chi connectivity index (χ2v) is 6.71. The molecule has 0 aromatic heterocycles. The summed E-state index contributed by atoms with van der Waals surface area (Å²) in [5, 5.41) is 14.2. The Morgan fingerprint density at radius 1 is 1.43 bits per heavy atom. The van der Waals surface area contributed by atoms with Crippen LogP contribution in [0.4, 0.5) is 0 Å². The standard InChI is InChI=1S/C17H21NO3/c1-21-12-6-10-7-14-13-3-2-11(19)9-17(13,4-5-18-14)16(10)15(20)8-12/h6,8,13-14,18,20H,2-5,7,9H2,1H3/t13-,14+,17-/m0/s1. The van der Waals surface area contributed by atoms with E-state index in [0.29, 0.717) is 42.1 Å². The molecule has 4 heteroatoms. The van der Waals surface area contributed by atoms with E-state index in [0.717, 1.165) is 36.9 Å². The van der Waals surface area contributed by atoms with Crippen LogP contribution in [0, 0.1) is 5.92 Å². The van der Waals surface area contributed by atoms with Gasteiger partial charge in [0.2, 0.25) is 0 Å². The molecule has 2 aliphatic carbocycles. The Balaban J connectivity index is 1.93. The molecule has 1 aromatic carbocycles. The Morgan fingerprint density at radius 2 is 2.29 bits per heavy atom. The van der Waals surface area contributed by atoms with Gasteiger partial charge in [0.05, 0.1) is 7.11 Å². The molecular formula is C17H21NO3. The molecule has 21 heavy (non-hydrogen) atoms. The minimum atomic E-state index is -0.158. The molecule has 0 radical (unpaired) electrons. The van der Waals surface area contributed by atoms with Crippen molar-refractivity contribution in [1.29, 1.82) is 0 Å². The van der Waals surface area contributed by atoms with E-state index in [1.807, 2.05) is 6.07 Å². The number of fused-ring (bicyclic) bond motifs is 1. The second-order valence-electron chi connectivity index (χ2n) is 6.71. The largest absolute Gasteiger partial charge is 0.507 e. The zero-order valence-electron chi connectivity index (χ0n) is 12.3. The maximum absolute atomic E-state index is 12.1. The van der Waals surface area contributed by atoms with Crippen LogP contribution in [0.1, 0.15) is 36.8 Å². The van der Waals surface area contributed by atoms with Gasteiger partial charge in [-0.05, 0) is 43.4 Å². The summed E-state index contributed by atoms with van der Waals surface area (Å²) in [5.74, 6) is 1.82. The number of aromatic hydroxyl groups is 1. The van der Waals surface area contributed by atoms with E-state index in [-0.39, 0.29) is 5.41 Å². The van der Waals surface area contributed by atoms with E-state index < -0.39 is 0 Å². The van der Waals surface area contributed by atoms with Crippen LogP contribution in [-0.2, 0) is 16.6 Å². The van der Waals surface area contributed by atoms with E-state index in [1.54, 1.807) is 13.2 Å². The van der Waals surface area contributed by atoms with Crippen molar-refractivity contribution < 1.29 is 14.6 Å². The zero-order chi connectivity index (χ0) is 14.6. The van der Waals surface area contributed by atoms with Crippen molar-refractivity contribution in [2.45, 2.75) is 43.6 Å². The third-order valence-electron chi connectivity index (χ3n) is 5.77. The van der Waals surface area contributed by atoms with Gasteiger partial charge in [0.1, 0.15) is 17.3 Å². The van der Waals surface area contributed by atoms with Gasteiger partial charge in [-0.1, -0.05) is 0 Å². The Kier molecular flexibility index (Phi) is 2.80. The fourth-order valence-electron chi connectivity index (χ4n) is 5.01. The predicted octanol–water partition coefficient (Wildman–Crippen LogP) is 1.93. The van der Waals surface area contributed by atoms with Gasteiger partial charge in [0, 0.05) is 35.9 Å². The number of ether oxygens (including phenoxy) is 1. The van der Waals surface area contributed by atoms with Crippen LogP contribution in [-0.4, -0.2) is 30.6 Å². The number of phenols is 1. The minimum absolute atomic E-state index is 0.158. The highest BCUT2D eigenvalue weighted by Gasteiger charge is 2.54. The Bertz CT molecular complexity index is 612. The summed E-state index contributed by atoms with van der Waals surface area (Å²) in [6.45, 7) is 0.930. The minimum Gasteiger partial charge on any atom is -0.507 e. The number of hydrogen-bond donors (Lipinski definition) is 2. The first-order valence-corrected chi connectivity index (χ1v) is 7.79. The van der Waals surface area contributed by atoms with E-state index in [9.17, 15) is 9.90 Å². The smallest absolute Gasteiger partial charge is 0.133 e. The second kappa shape index (κ2) is 4.47. The van der Waals surface area contributed by atoms with Crippen molar-refractivity contribution in [2.75, 3.05) is 13.7 Å². The fourth-order valence-corrected chi connectivity index (χ4v) is 5.01. The van der Waals surface area contributed by atoms with Gasteiger partial charge in [-0.15, -0.1) is 0 Å². The number of methoxy groups -OCH3 is 1. The van der Waals surface area contributed by atoms with E-state index in [4.69, 9.17) is 4.74 Å². The van der Waals surface area contributed by atoms with Crippen molar-refractivity contribution >= 4 is 5.78 Å². The van der Waals surface area contributed by atoms with Crippen LogP contribution < -0.4 is 10.1 Å². The van der Waals surface area contributed by atoms with Crippen LogP contribution >= 0.6 is 0 Å². The normalized spacial score (nSPS) is 34.0. The molecule has 3 aliphatic rings. The average molecular weight is 287 g/mol. The molecule has 1 saturated carbocycles. The van der Waals surface area contributed by atoms with Crippen LogP contribution in [0.3, 0.4) is 0 Å². The lowest BCUT2D eigenvalue weighted by Crippen LogP contribution is -2.60. The third kappa shape index (κ3) is 1.75. The first-order valence-electron chi connectivity index (χ1n) is 7.79. The number of benzene rings is 1. The highest BCUT2D eigenvalue weighted by molar-refractivity contribution is 5.82. The number of rotatable bonds is 1. The summed E-state index contributed by atoms with van der Waals surface area (Å²) in [7, 11) is 1.62. The summed E-state index contributed by atoms with van der Waals surface area (Å²) in [4.78, 5) is 12.1. The number of carbonyl (C=O) groups is 1. The van der Waals surface area contributed by atoms with Crippen LogP contribution in [0.15, 0.2) is 12.1 Å². The summed E-state index contributed by atoms with van der Waals surface area (Å²) in [5.41, 5.74) is 2.02. The van der Waals surface area contributed by atoms with Gasteiger partial charge in [-0.3, -0.25) is 4.79 Å². The third-order valence-corrected chi connectivity index (χ3v) is 5.77. The number of hydrogen-bond acceptors (Lipinski definition) is 4. The SMILES string of the molecule is COc1cc(O)c2c(c1)C[C@H]1NCC[C@@]23CC(=O)CC[C@@H]13. The van der Waals surface area contributed by atoms with Crippen molar-refractivity contribution in [3.05, 3.63) is 23.3 Å². The van der Waals surface area contributed by atoms with Gasteiger partial charge in [0.25, 0.3) is 0 Å². The monoisotopic (exact) mass is 287 g/mol. The summed E-state index contributed by atoms with van der Waals surface area (Å²) in [6.07, 6.45) is 4.08. The first-order chi connectivity index (χ1) is 10.1. The lowest BCUT2D eigenvalue weighted by Gasteiger charge is -2.55. The fraction of sp³-hybridized carbons (Fsp3) is 0.588. The van der Waals surface area contributed by atoms with E-state index >= 15 is 0 Å². The van der Waals surface area contributed by atoms with Gasteiger partial charge < -0.3 is 15.2 Å². The van der Waals surface area contributed by atoms with E-state index in [2.05, 4.69) is 5.32 Å². The molecule has 4 rings (SSSR count). The molecule has 0 unspecified atom stereocenters. The molecule has 1 aromatic rings. The number of nitrogens with one attached hydrogen (secondary N) is 1. The number of carbonyl (C=O) groups excluding carboxylic acids is 1. The van der Waals surface area contributed by atoms with Gasteiger partial charge in [0.15, 0.2) is 0 Å². The molecule has 1 aliphatic heterocycles. The summed E-state index contributed by atoms with van der Waals surface area (Å²) >= 11 is 0. The lowest BCUT2D eigenvalue weighted by atomic mass is 9.52. The summed E-state index contributed by atoms with van der Waals surface area (Å²) < 4.78 is 5.29. The number of ketones is 1. The number of phenolic OH excluding ortho intramolecular Hbond substituents is 1. The molecule has 1 heterocycles. The van der Waals surface area contributed by atoms with Crippen LogP contribution in [0.25, 0.3) is 0 Å². The molecule has 2 N–H and O–H groups in total. The molecule has 4 nitrogen and oxygen atoms in total. The van der Waals surface area contributed by atoms with Gasteiger partial charge in [-0.25, -0.2) is 0 Å². The van der Waals surface area contributed by atoms with Gasteiger partial charge >= 0.3 is 0 Å². The Morgan fingerprint density at radius 3 is 3.10 bits per heavy atom. The molecule has 3 atom stereocenters. The number of Topliss-reactive ketones (excluding diaryl/α,β-unsaturated/α-hetero) is 1. The quantitative estimate of drug-likeness (QED) is 0.828. The van der Waals surface area contributed by atoms with Crippen molar-refractivity contribution in [3.8, 4) is 11.5 Å². The maximum atomic E-state index is 12.1. The Hall–Kier alpha value is -1.55. The molecular weight excluding hydrogens is 266 g/mol.